The molecule has 2 bridgehead atoms. The van der Waals surface area contributed by atoms with E-state index >= 15 is 0 Å². The smallest absolute Gasteiger partial charge is 0.275 e. The number of hydrogen-bond acceptors (Lipinski definition) is 3. The highest BCUT2D eigenvalue weighted by molar-refractivity contribution is 5.84. The minimum Gasteiger partial charge on any atom is -0.335 e. The highest BCUT2D eigenvalue weighted by Crippen LogP contribution is 2.43. The summed E-state index contributed by atoms with van der Waals surface area (Å²) in [5.74, 6) is 0.0817. The summed E-state index contributed by atoms with van der Waals surface area (Å²) in [5, 5.41) is 5.82. The zero-order valence-corrected chi connectivity index (χ0v) is 16.9. The van der Waals surface area contributed by atoms with Crippen LogP contribution < -0.4 is 5.56 Å². The van der Waals surface area contributed by atoms with Crippen LogP contribution in [0.5, 0.6) is 0 Å². The fourth-order valence-electron chi connectivity index (χ4n) is 5.31. The second-order valence-corrected chi connectivity index (χ2v) is 8.50. The van der Waals surface area contributed by atoms with Gasteiger partial charge in [-0.1, -0.05) is 30.3 Å². The lowest BCUT2D eigenvalue weighted by molar-refractivity contribution is -0.136. The van der Waals surface area contributed by atoms with Crippen LogP contribution in [0.15, 0.2) is 53.3 Å². The molecule has 1 aromatic heterocycles. The maximum Gasteiger partial charge on any atom is 0.275 e. The molecule has 154 valence electrons. The van der Waals surface area contributed by atoms with Gasteiger partial charge in [-0.2, -0.15) is 5.10 Å². The van der Waals surface area contributed by atoms with Crippen LogP contribution in [0.4, 0.5) is 4.39 Å². The third kappa shape index (κ3) is 3.20. The van der Waals surface area contributed by atoms with Crippen molar-refractivity contribution in [1.29, 1.82) is 0 Å². The number of aryl methyl sites for hydroxylation is 1. The number of carbonyl (C=O) groups is 1. The SMILES string of the molecule is Cc1nn(CC(=O)N2C3CCC2CC(c2ccc(F)cc2)C3)c(=O)c2ccccc12. The van der Waals surface area contributed by atoms with Crippen LogP contribution >= 0.6 is 0 Å². The van der Waals surface area contributed by atoms with Gasteiger partial charge in [-0.05, 0) is 62.3 Å². The summed E-state index contributed by atoms with van der Waals surface area (Å²) in [5.41, 5.74) is 1.66. The van der Waals surface area contributed by atoms with Crippen molar-refractivity contribution in [1.82, 2.24) is 14.7 Å². The Balaban J connectivity index is 1.37. The molecule has 0 saturated carbocycles. The number of aromatic nitrogens is 2. The predicted octanol–water partition coefficient (Wildman–Crippen LogP) is 3.78. The number of hydrogen-bond donors (Lipinski definition) is 0. The van der Waals surface area contributed by atoms with Crippen LogP contribution in [0.1, 0.15) is 42.9 Å². The molecule has 2 atom stereocenters. The van der Waals surface area contributed by atoms with E-state index in [-0.39, 0.29) is 35.9 Å². The summed E-state index contributed by atoms with van der Waals surface area (Å²) in [4.78, 5) is 28.0. The quantitative estimate of drug-likeness (QED) is 0.666. The zero-order valence-electron chi connectivity index (χ0n) is 16.9. The van der Waals surface area contributed by atoms with Gasteiger partial charge in [-0.15, -0.1) is 0 Å². The van der Waals surface area contributed by atoms with Gasteiger partial charge in [-0.25, -0.2) is 9.07 Å². The number of halogens is 1. The monoisotopic (exact) mass is 405 g/mol. The average Bonchev–Trinajstić information content (AvgIpc) is 3.02. The second kappa shape index (κ2) is 7.35. The highest BCUT2D eigenvalue weighted by atomic mass is 19.1. The van der Waals surface area contributed by atoms with Crippen molar-refractivity contribution in [2.75, 3.05) is 0 Å². The first-order valence-electron chi connectivity index (χ1n) is 10.5. The molecular weight excluding hydrogens is 381 g/mol. The number of amides is 1. The molecule has 0 radical (unpaired) electrons. The lowest BCUT2D eigenvalue weighted by Gasteiger charge is -2.39. The molecule has 0 N–H and O–H groups in total. The predicted molar refractivity (Wildman–Crippen MR) is 113 cm³/mol. The molecule has 0 spiro atoms. The first-order valence-corrected chi connectivity index (χ1v) is 10.5. The van der Waals surface area contributed by atoms with Crippen molar-refractivity contribution in [3.8, 4) is 0 Å². The topological polar surface area (TPSA) is 55.2 Å². The minimum atomic E-state index is -0.224. The third-order valence-corrected chi connectivity index (χ3v) is 6.70. The van der Waals surface area contributed by atoms with E-state index < -0.39 is 0 Å². The Morgan fingerprint density at radius 2 is 1.67 bits per heavy atom. The van der Waals surface area contributed by atoms with Crippen molar-refractivity contribution in [2.45, 2.75) is 57.2 Å². The van der Waals surface area contributed by atoms with E-state index in [1.165, 1.54) is 16.8 Å². The van der Waals surface area contributed by atoms with Crippen molar-refractivity contribution in [3.63, 3.8) is 0 Å². The first kappa shape index (κ1) is 19.0. The molecule has 5 rings (SSSR count). The fourth-order valence-corrected chi connectivity index (χ4v) is 5.31. The molecule has 6 heteroatoms. The molecule has 0 aliphatic carbocycles. The van der Waals surface area contributed by atoms with Crippen LogP contribution in [0.2, 0.25) is 0 Å². The standard InChI is InChI=1S/C24H24FN3O2/c1-15-21-4-2-3-5-22(21)24(30)27(26-15)14-23(29)28-19-10-11-20(28)13-17(12-19)16-6-8-18(25)9-7-16/h2-9,17,19-20H,10-14H2,1H3. The number of fused-ring (bicyclic) bond motifs is 3. The Morgan fingerprint density at radius 3 is 2.33 bits per heavy atom. The van der Waals surface area contributed by atoms with Gasteiger partial charge in [0, 0.05) is 17.5 Å². The van der Waals surface area contributed by atoms with E-state index in [4.69, 9.17) is 0 Å². The summed E-state index contributed by atoms with van der Waals surface area (Å²) in [6.07, 6.45) is 3.72. The fraction of sp³-hybridized carbons (Fsp3) is 0.375. The molecule has 1 amide bonds. The summed E-state index contributed by atoms with van der Waals surface area (Å²) in [7, 11) is 0. The molecular formula is C24H24FN3O2. The Kier molecular flexibility index (Phi) is 4.65. The van der Waals surface area contributed by atoms with Crippen molar-refractivity contribution in [2.24, 2.45) is 0 Å². The second-order valence-electron chi connectivity index (χ2n) is 8.50. The van der Waals surface area contributed by atoms with Crippen molar-refractivity contribution >= 4 is 16.7 Å². The van der Waals surface area contributed by atoms with Gasteiger partial charge in [0.15, 0.2) is 0 Å². The molecule has 3 aromatic rings. The van der Waals surface area contributed by atoms with E-state index in [9.17, 15) is 14.0 Å². The Morgan fingerprint density at radius 1 is 1.03 bits per heavy atom. The molecule has 2 saturated heterocycles. The maximum absolute atomic E-state index is 13.3. The van der Waals surface area contributed by atoms with Crippen LogP contribution in [-0.2, 0) is 11.3 Å². The van der Waals surface area contributed by atoms with Crippen molar-refractivity contribution < 1.29 is 9.18 Å². The van der Waals surface area contributed by atoms with Gasteiger partial charge in [0.05, 0.1) is 11.1 Å². The lowest BCUT2D eigenvalue weighted by atomic mass is 9.85. The number of carbonyl (C=O) groups excluding carboxylic acids is 1. The van der Waals surface area contributed by atoms with Crippen LogP contribution in [0.3, 0.4) is 0 Å². The molecule has 5 nitrogen and oxygen atoms in total. The Hall–Kier alpha value is -3.02. The van der Waals surface area contributed by atoms with E-state index in [0.29, 0.717) is 11.3 Å². The van der Waals surface area contributed by atoms with Crippen LogP contribution in [-0.4, -0.2) is 32.7 Å². The molecule has 3 heterocycles. The third-order valence-electron chi connectivity index (χ3n) is 6.70. The number of benzene rings is 2. The Labute approximate surface area is 174 Å². The van der Waals surface area contributed by atoms with Gasteiger partial charge in [0.1, 0.15) is 12.4 Å². The van der Waals surface area contributed by atoms with E-state index in [1.807, 2.05) is 42.2 Å². The molecule has 2 aromatic carbocycles. The van der Waals surface area contributed by atoms with Crippen LogP contribution in [0.25, 0.3) is 10.8 Å². The molecule has 30 heavy (non-hydrogen) atoms. The normalized spacial score (nSPS) is 23.1. The molecule has 2 aliphatic heterocycles. The first-order chi connectivity index (χ1) is 14.5. The van der Waals surface area contributed by atoms with Crippen molar-refractivity contribution in [3.05, 3.63) is 76.0 Å². The zero-order chi connectivity index (χ0) is 20.8. The van der Waals surface area contributed by atoms with Gasteiger partial charge in [-0.3, -0.25) is 9.59 Å². The number of nitrogens with zero attached hydrogens (tertiary/aromatic N) is 3. The molecule has 2 aliphatic rings. The number of piperidine rings is 1. The van der Waals surface area contributed by atoms with Gasteiger partial charge < -0.3 is 4.90 Å². The molecule has 2 unspecified atom stereocenters. The molecule has 2 fully saturated rings. The summed E-state index contributed by atoms with van der Waals surface area (Å²) in [6, 6.07) is 14.5. The van der Waals surface area contributed by atoms with E-state index in [0.717, 1.165) is 42.3 Å². The Bertz CT molecular complexity index is 1160. The maximum atomic E-state index is 13.3. The minimum absolute atomic E-state index is 0.0290. The van der Waals surface area contributed by atoms with Gasteiger partial charge >= 0.3 is 0 Å². The van der Waals surface area contributed by atoms with Gasteiger partial charge in [0.25, 0.3) is 5.56 Å². The van der Waals surface area contributed by atoms with Crippen LogP contribution in [0, 0.1) is 12.7 Å². The largest absolute Gasteiger partial charge is 0.335 e. The average molecular weight is 405 g/mol. The summed E-state index contributed by atoms with van der Waals surface area (Å²) >= 11 is 0. The lowest BCUT2D eigenvalue weighted by Crippen LogP contribution is -2.48. The van der Waals surface area contributed by atoms with E-state index in [2.05, 4.69) is 5.10 Å². The summed E-state index contributed by atoms with van der Waals surface area (Å²) < 4.78 is 14.6. The van der Waals surface area contributed by atoms with E-state index in [1.54, 1.807) is 6.07 Å². The summed E-state index contributed by atoms with van der Waals surface area (Å²) in [6.45, 7) is 1.83. The number of rotatable bonds is 3. The highest BCUT2D eigenvalue weighted by Gasteiger charge is 2.43. The van der Waals surface area contributed by atoms with Gasteiger partial charge in [0.2, 0.25) is 5.91 Å².